The number of likely N-dealkylation sites (tertiary alicyclic amines) is 1. The Morgan fingerprint density at radius 2 is 1.90 bits per heavy atom. The summed E-state index contributed by atoms with van der Waals surface area (Å²) in [6, 6.07) is 11.4. The highest BCUT2D eigenvalue weighted by atomic mass is 19.1. The molecule has 1 saturated heterocycles. The summed E-state index contributed by atoms with van der Waals surface area (Å²) in [4.78, 5) is 35.7. The molecule has 0 bridgehead atoms. The van der Waals surface area contributed by atoms with Gasteiger partial charge in [-0.2, -0.15) is 5.10 Å². The van der Waals surface area contributed by atoms with Gasteiger partial charge in [0.25, 0.3) is 5.91 Å². The van der Waals surface area contributed by atoms with Gasteiger partial charge < -0.3 is 25.4 Å². The Kier molecular flexibility index (Phi) is 7.97. The van der Waals surface area contributed by atoms with Crippen LogP contribution in [0.4, 0.5) is 15.0 Å². The molecular weight excluding hydrogens is 541 g/mol. The number of hydrogen-bond donors (Lipinski definition) is 2. The first-order chi connectivity index (χ1) is 20.0. The van der Waals surface area contributed by atoms with Crippen LogP contribution in [-0.2, 0) is 11.3 Å². The van der Waals surface area contributed by atoms with Crippen LogP contribution in [0.1, 0.15) is 55.6 Å². The van der Waals surface area contributed by atoms with Crippen LogP contribution in [0.3, 0.4) is 0 Å². The fraction of sp³-hybridized carbons (Fsp3) is 0.367. The van der Waals surface area contributed by atoms with Gasteiger partial charge in [-0.25, -0.2) is 23.8 Å². The topological polar surface area (TPSA) is 137 Å². The first-order valence-corrected chi connectivity index (χ1v) is 13.7. The molecule has 1 atom stereocenters. The molecule has 42 heavy (non-hydrogen) atoms. The number of carbonyl (C=O) groups is 2. The lowest BCUT2D eigenvalue weighted by Gasteiger charge is -2.34. The summed E-state index contributed by atoms with van der Waals surface area (Å²) in [5, 5.41) is 8.29. The van der Waals surface area contributed by atoms with E-state index in [1.165, 1.54) is 31.6 Å². The number of piperidine rings is 1. The van der Waals surface area contributed by atoms with Gasteiger partial charge in [0.15, 0.2) is 5.65 Å². The fourth-order valence-corrected chi connectivity index (χ4v) is 4.96. The number of rotatable bonds is 6. The highest BCUT2D eigenvalue weighted by molar-refractivity contribution is 5.98. The van der Waals surface area contributed by atoms with Crippen molar-refractivity contribution in [2.24, 2.45) is 0 Å². The molecule has 3 heterocycles. The number of fused-ring (bicyclic) bond motifs is 1. The molecule has 0 spiro atoms. The van der Waals surface area contributed by atoms with Crippen LogP contribution in [0.25, 0.3) is 22.3 Å². The molecule has 1 fully saturated rings. The van der Waals surface area contributed by atoms with E-state index < -0.39 is 17.3 Å². The molecule has 5 rings (SSSR count). The van der Waals surface area contributed by atoms with Crippen LogP contribution in [0.2, 0.25) is 0 Å². The van der Waals surface area contributed by atoms with E-state index in [9.17, 15) is 14.0 Å². The molecule has 2 amide bonds. The molecule has 1 aliphatic rings. The lowest BCUT2D eigenvalue weighted by Crippen LogP contribution is -2.43. The lowest BCUT2D eigenvalue weighted by atomic mass is 10.1. The quantitative estimate of drug-likeness (QED) is 0.337. The molecule has 4 aromatic rings. The van der Waals surface area contributed by atoms with Crippen molar-refractivity contribution in [2.45, 2.75) is 51.8 Å². The first kappa shape index (κ1) is 28.8. The second kappa shape index (κ2) is 11.6. The predicted octanol–water partition coefficient (Wildman–Crippen LogP) is 4.73. The van der Waals surface area contributed by atoms with Crippen molar-refractivity contribution in [1.82, 2.24) is 30.0 Å². The summed E-state index contributed by atoms with van der Waals surface area (Å²) < 4.78 is 26.7. The number of nitrogens with two attached hydrogens (primary N) is 1. The zero-order chi connectivity index (χ0) is 30.0. The van der Waals surface area contributed by atoms with Crippen LogP contribution in [0.15, 0.2) is 48.8 Å². The summed E-state index contributed by atoms with van der Waals surface area (Å²) in [5.41, 5.74) is 8.47. The molecule has 0 aliphatic carbocycles. The number of nitrogens with zero attached hydrogens (tertiary/aromatic N) is 5. The van der Waals surface area contributed by atoms with E-state index in [1.807, 2.05) is 49.7 Å². The fourth-order valence-electron chi connectivity index (χ4n) is 4.96. The Hall–Kier alpha value is -4.74. The number of halogens is 1. The molecule has 2 aromatic carbocycles. The molecule has 1 aliphatic heterocycles. The van der Waals surface area contributed by atoms with Crippen molar-refractivity contribution in [3.05, 3.63) is 65.7 Å². The van der Waals surface area contributed by atoms with Gasteiger partial charge in [-0.05, 0) is 51.3 Å². The van der Waals surface area contributed by atoms with Gasteiger partial charge in [0.2, 0.25) is 0 Å². The summed E-state index contributed by atoms with van der Waals surface area (Å²) in [6.45, 7) is 6.78. The number of hydrogen-bond acceptors (Lipinski definition) is 8. The van der Waals surface area contributed by atoms with Gasteiger partial charge in [0.1, 0.15) is 35.0 Å². The number of methoxy groups -OCH3 is 1. The highest BCUT2D eigenvalue weighted by Gasteiger charge is 2.31. The van der Waals surface area contributed by atoms with Gasteiger partial charge in [-0.1, -0.05) is 24.3 Å². The first-order valence-electron chi connectivity index (χ1n) is 13.7. The lowest BCUT2D eigenvalue weighted by molar-refractivity contribution is 0.0169. The number of carbonyl (C=O) groups excluding carboxylic acids is 2. The molecule has 220 valence electrons. The minimum Gasteiger partial charge on any atom is -0.497 e. The van der Waals surface area contributed by atoms with Gasteiger partial charge >= 0.3 is 6.09 Å². The average Bonchev–Trinajstić information content (AvgIpc) is 3.36. The zero-order valence-electron chi connectivity index (χ0n) is 24.1. The standard InChI is InChI=1S/C30H34FN7O4/c1-30(2,3)42-29(40)37-13-5-6-20(16-37)38-27-24(26(32)34-17-35-27)25(36-38)19-9-7-18(8-10-19)15-33-28(39)22-12-11-21(41-4)14-23(22)31/h7-12,14,17,20H,5-6,13,15-16H2,1-4H3,(H,33,39)(H2,32,34,35)/t20-/m1/s1. The largest absolute Gasteiger partial charge is 0.497 e. The number of aromatic nitrogens is 4. The maximum atomic E-state index is 14.3. The third kappa shape index (κ3) is 6.12. The van der Waals surface area contributed by atoms with E-state index in [0.717, 1.165) is 24.0 Å². The number of benzene rings is 2. The predicted molar refractivity (Wildman–Crippen MR) is 155 cm³/mol. The highest BCUT2D eigenvalue weighted by Crippen LogP contribution is 2.34. The van der Waals surface area contributed by atoms with Crippen molar-refractivity contribution < 1.29 is 23.5 Å². The molecule has 3 N–H and O–H groups in total. The monoisotopic (exact) mass is 575 g/mol. The van der Waals surface area contributed by atoms with Gasteiger partial charge in [-0.15, -0.1) is 0 Å². The minimum atomic E-state index is -0.656. The summed E-state index contributed by atoms with van der Waals surface area (Å²) in [6.07, 6.45) is 2.66. The molecule has 2 aromatic heterocycles. The van der Waals surface area contributed by atoms with Crippen LogP contribution in [0, 0.1) is 5.82 Å². The van der Waals surface area contributed by atoms with E-state index in [2.05, 4.69) is 15.3 Å². The van der Waals surface area contributed by atoms with E-state index >= 15 is 0 Å². The molecular formula is C30H34FN7O4. The second-order valence-corrected chi connectivity index (χ2v) is 11.2. The summed E-state index contributed by atoms with van der Waals surface area (Å²) in [7, 11) is 1.43. The average molecular weight is 576 g/mol. The van der Waals surface area contributed by atoms with Crippen molar-refractivity contribution in [1.29, 1.82) is 0 Å². The number of anilines is 1. The zero-order valence-corrected chi connectivity index (χ0v) is 24.1. The summed E-state index contributed by atoms with van der Waals surface area (Å²) in [5.74, 6) is -0.540. The van der Waals surface area contributed by atoms with Crippen LogP contribution < -0.4 is 15.8 Å². The second-order valence-electron chi connectivity index (χ2n) is 11.2. The van der Waals surface area contributed by atoms with Crippen LogP contribution in [0.5, 0.6) is 5.75 Å². The Balaban J connectivity index is 1.35. The molecule has 0 unspecified atom stereocenters. The van der Waals surface area contributed by atoms with Crippen molar-refractivity contribution >= 4 is 28.9 Å². The SMILES string of the molecule is COc1ccc(C(=O)NCc2ccc(-c3nn([C@@H]4CCCN(C(=O)OC(C)(C)C)C4)c4ncnc(N)c34)cc2)c(F)c1. The van der Waals surface area contributed by atoms with E-state index in [4.69, 9.17) is 20.3 Å². The third-order valence-electron chi connectivity index (χ3n) is 7.01. The molecule has 0 radical (unpaired) electrons. The van der Waals surface area contributed by atoms with E-state index in [-0.39, 0.29) is 24.2 Å². The molecule has 0 saturated carbocycles. The molecule has 12 heteroatoms. The number of amides is 2. The van der Waals surface area contributed by atoms with Crippen molar-refractivity contribution in [3.63, 3.8) is 0 Å². The third-order valence-corrected chi connectivity index (χ3v) is 7.01. The van der Waals surface area contributed by atoms with E-state index in [0.29, 0.717) is 41.4 Å². The Bertz CT molecular complexity index is 1610. The Labute approximate surface area is 242 Å². The normalized spacial score (nSPS) is 15.5. The maximum absolute atomic E-state index is 14.3. The van der Waals surface area contributed by atoms with Gasteiger partial charge in [0, 0.05) is 31.3 Å². The molecule has 11 nitrogen and oxygen atoms in total. The number of nitrogens with one attached hydrogen (secondary N) is 1. The van der Waals surface area contributed by atoms with Crippen LogP contribution in [-0.4, -0.2) is 62.4 Å². The number of nitrogen functional groups attached to an aromatic ring is 1. The van der Waals surface area contributed by atoms with Crippen molar-refractivity contribution in [3.8, 4) is 17.0 Å². The number of ether oxygens (including phenoxy) is 2. The minimum absolute atomic E-state index is 0.0622. The van der Waals surface area contributed by atoms with E-state index in [1.54, 1.807) is 4.90 Å². The smallest absolute Gasteiger partial charge is 0.410 e. The Morgan fingerprint density at radius 3 is 2.60 bits per heavy atom. The summed E-state index contributed by atoms with van der Waals surface area (Å²) >= 11 is 0. The Morgan fingerprint density at radius 1 is 1.14 bits per heavy atom. The van der Waals surface area contributed by atoms with Crippen molar-refractivity contribution in [2.75, 3.05) is 25.9 Å². The van der Waals surface area contributed by atoms with Gasteiger partial charge in [0.05, 0.1) is 24.1 Å². The maximum Gasteiger partial charge on any atom is 0.410 e. The van der Waals surface area contributed by atoms with Gasteiger partial charge in [-0.3, -0.25) is 4.79 Å². The van der Waals surface area contributed by atoms with Crippen LogP contribution >= 0.6 is 0 Å².